The molecule has 0 aliphatic carbocycles. The van der Waals surface area contributed by atoms with Crippen molar-refractivity contribution in [3.8, 4) is 16.9 Å². The van der Waals surface area contributed by atoms with Gasteiger partial charge in [0, 0.05) is 17.0 Å². The fraction of sp³-hybridized carbons (Fsp3) is 0.0667. The number of halogens is 1. The first-order valence-electron chi connectivity index (χ1n) is 6.15. The van der Waals surface area contributed by atoms with E-state index in [1.165, 1.54) is 13.2 Å². The number of nitrogens with one attached hydrogen (secondary N) is 1. The van der Waals surface area contributed by atoms with Crippen LogP contribution in [0.5, 0.6) is 5.75 Å². The highest BCUT2D eigenvalue weighted by molar-refractivity contribution is 6.02. The molecule has 0 aliphatic heterocycles. The average molecular weight is 286 g/mol. The van der Waals surface area contributed by atoms with Gasteiger partial charge in [-0.25, -0.2) is 9.18 Å². The lowest BCUT2D eigenvalue weighted by Gasteiger charge is -2.06. The Bertz CT molecular complexity index is 842. The van der Waals surface area contributed by atoms with Gasteiger partial charge in [-0.05, 0) is 29.8 Å². The molecule has 0 aliphatic rings. The molecule has 0 spiro atoms. The largest absolute Gasteiger partial charge is 0.497 e. The fourth-order valence-corrected chi connectivity index (χ4v) is 2.20. The van der Waals surface area contributed by atoms with Crippen molar-refractivity contribution in [2.45, 2.75) is 0 Å². The SMILES string of the molecule is COc1ccc(-c2ccc3[nH]nc(C(=O)O)c3c2)c(F)c1. The van der Waals surface area contributed by atoms with Gasteiger partial charge in [-0.3, -0.25) is 5.10 Å². The number of carboxylic acid groups (broad SMARTS) is 1. The molecule has 0 saturated carbocycles. The highest BCUT2D eigenvalue weighted by atomic mass is 19.1. The Morgan fingerprint density at radius 2 is 2.10 bits per heavy atom. The number of carbonyl (C=O) groups is 1. The molecule has 3 aromatic rings. The van der Waals surface area contributed by atoms with E-state index in [1.807, 2.05) is 0 Å². The Kier molecular flexibility index (Phi) is 3.06. The van der Waals surface area contributed by atoms with Crippen LogP contribution in [0.1, 0.15) is 10.5 Å². The lowest BCUT2D eigenvalue weighted by molar-refractivity contribution is 0.0692. The first-order chi connectivity index (χ1) is 10.1. The minimum atomic E-state index is -1.13. The van der Waals surface area contributed by atoms with E-state index in [2.05, 4.69) is 10.2 Å². The molecule has 3 rings (SSSR count). The molecule has 0 radical (unpaired) electrons. The first kappa shape index (κ1) is 13.1. The molecule has 0 fully saturated rings. The standard InChI is InChI=1S/C15H11FN2O3/c1-21-9-3-4-10(12(16)7-9)8-2-5-13-11(6-8)14(15(19)20)18-17-13/h2-7H,1H3,(H,17,18)(H,19,20). The third kappa shape index (κ3) is 2.20. The van der Waals surface area contributed by atoms with Gasteiger partial charge in [-0.15, -0.1) is 0 Å². The zero-order valence-corrected chi connectivity index (χ0v) is 11.1. The van der Waals surface area contributed by atoms with Gasteiger partial charge in [-0.1, -0.05) is 6.07 Å². The van der Waals surface area contributed by atoms with Gasteiger partial charge in [-0.2, -0.15) is 5.10 Å². The third-order valence-electron chi connectivity index (χ3n) is 3.25. The van der Waals surface area contributed by atoms with Crippen LogP contribution in [0.2, 0.25) is 0 Å². The number of carboxylic acids is 1. The average Bonchev–Trinajstić information content (AvgIpc) is 2.90. The summed E-state index contributed by atoms with van der Waals surface area (Å²) in [5, 5.41) is 15.9. The molecule has 0 atom stereocenters. The summed E-state index contributed by atoms with van der Waals surface area (Å²) in [6.07, 6.45) is 0. The lowest BCUT2D eigenvalue weighted by atomic mass is 10.0. The summed E-state index contributed by atoms with van der Waals surface area (Å²) in [7, 11) is 1.46. The van der Waals surface area contributed by atoms with Crippen LogP contribution in [-0.4, -0.2) is 28.4 Å². The quantitative estimate of drug-likeness (QED) is 0.776. The molecule has 0 amide bonds. The molecule has 0 unspecified atom stereocenters. The number of H-pyrrole nitrogens is 1. The molecule has 1 heterocycles. The van der Waals surface area contributed by atoms with E-state index in [9.17, 15) is 9.18 Å². The normalized spacial score (nSPS) is 10.8. The van der Waals surface area contributed by atoms with Crippen molar-refractivity contribution in [1.82, 2.24) is 10.2 Å². The first-order valence-corrected chi connectivity index (χ1v) is 6.15. The number of fused-ring (bicyclic) bond motifs is 1. The number of hydrogen-bond donors (Lipinski definition) is 2. The van der Waals surface area contributed by atoms with Gasteiger partial charge < -0.3 is 9.84 Å². The summed E-state index contributed by atoms with van der Waals surface area (Å²) in [6, 6.07) is 9.51. The van der Waals surface area contributed by atoms with Crippen LogP contribution >= 0.6 is 0 Å². The molecule has 0 saturated heterocycles. The Hall–Kier alpha value is -2.89. The Morgan fingerprint density at radius 3 is 2.76 bits per heavy atom. The summed E-state index contributed by atoms with van der Waals surface area (Å²) in [4.78, 5) is 11.1. The van der Waals surface area contributed by atoms with Crippen molar-refractivity contribution in [3.05, 3.63) is 47.9 Å². The monoisotopic (exact) mass is 286 g/mol. The van der Waals surface area contributed by atoms with Crippen molar-refractivity contribution in [2.24, 2.45) is 0 Å². The molecule has 1 aromatic heterocycles. The number of aromatic carboxylic acids is 1. The van der Waals surface area contributed by atoms with Crippen molar-refractivity contribution < 1.29 is 19.0 Å². The minimum Gasteiger partial charge on any atom is -0.497 e. The van der Waals surface area contributed by atoms with Gasteiger partial charge in [0.05, 0.1) is 12.6 Å². The number of hydrogen-bond acceptors (Lipinski definition) is 3. The van der Waals surface area contributed by atoms with E-state index in [0.717, 1.165) is 0 Å². The van der Waals surface area contributed by atoms with E-state index >= 15 is 0 Å². The van der Waals surface area contributed by atoms with Crippen LogP contribution in [0.25, 0.3) is 22.0 Å². The van der Waals surface area contributed by atoms with E-state index < -0.39 is 11.8 Å². The number of aromatic amines is 1. The van der Waals surface area contributed by atoms with Crippen molar-refractivity contribution in [3.63, 3.8) is 0 Å². The zero-order chi connectivity index (χ0) is 15.0. The van der Waals surface area contributed by atoms with Crippen LogP contribution in [0.3, 0.4) is 0 Å². The Labute approximate surface area is 119 Å². The zero-order valence-electron chi connectivity index (χ0n) is 11.1. The highest BCUT2D eigenvalue weighted by Crippen LogP contribution is 2.29. The van der Waals surface area contributed by atoms with Crippen molar-refractivity contribution in [2.75, 3.05) is 7.11 Å². The van der Waals surface area contributed by atoms with Crippen LogP contribution in [-0.2, 0) is 0 Å². The Balaban J connectivity index is 2.16. The second kappa shape index (κ2) is 4.90. The van der Waals surface area contributed by atoms with Crippen LogP contribution in [0.15, 0.2) is 36.4 Å². The summed E-state index contributed by atoms with van der Waals surface area (Å²) in [5.41, 5.74) is 1.45. The molecule has 0 bridgehead atoms. The number of nitrogens with zero attached hydrogens (tertiary/aromatic N) is 1. The van der Waals surface area contributed by atoms with Gasteiger partial charge in [0.15, 0.2) is 5.69 Å². The number of rotatable bonds is 3. The molecule has 106 valence electrons. The minimum absolute atomic E-state index is 0.0826. The maximum absolute atomic E-state index is 14.1. The fourth-order valence-electron chi connectivity index (χ4n) is 2.20. The van der Waals surface area contributed by atoms with Gasteiger partial charge in [0.2, 0.25) is 0 Å². The number of aromatic nitrogens is 2. The predicted molar refractivity (Wildman–Crippen MR) is 75.0 cm³/mol. The maximum Gasteiger partial charge on any atom is 0.357 e. The number of methoxy groups -OCH3 is 1. The summed E-state index contributed by atoms with van der Waals surface area (Å²) >= 11 is 0. The molecule has 21 heavy (non-hydrogen) atoms. The summed E-state index contributed by atoms with van der Waals surface area (Å²) in [6.45, 7) is 0. The van der Waals surface area contributed by atoms with E-state index in [-0.39, 0.29) is 5.69 Å². The molecular weight excluding hydrogens is 275 g/mol. The van der Waals surface area contributed by atoms with Gasteiger partial charge in [0.25, 0.3) is 0 Å². The molecule has 5 nitrogen and oxygen atoms in total. The summed E-state index contributed by atoms with van der Waals surface area (Å²) < 4.78 is 19.0. The van der Waals surface area contributed by atoms with E-state index in [0.29, 0.717) is 27.8 Å². The molecule has 6 heteroatoms. The van der Waals surface area contributed by atoms with Gasteiger partial charge >= 0.3 is 5.97 Å². The molecule has 2 aromatic carbocycles. The maximum atomic E-state index is 14.1. The second-order valence-corrected chi connectivity index (χ2v) is 4.48. The van der Waals surface area contributed by atoms with E-state index in [4.69, 9.17) is 9.84 Å². The van der Waals surface area contributed by atoms with Crippen LogP contribution in [0, 0.1) is 5.82 Å². The van der Waals surface area contributed by atoms with Crippen molar-refractivity contribution >= 4 is 16.9 Å². The predicted octanol–water partition coefficient (Wildman–Crippen LogP) is 3.08. The van der Waals surface area contributed by atoms with Crippen molar-refractivity contribution in [1.29, 1.82) is 0 Å². The Morgan fingerprint density at radius 1 is 1.29 bits per heavy atom. The van der Waals surface area contributed by atoms with E-state index in [1.54, 1.807) is 30.3 Å². The summed E-state index contributed by atoms with van der Waals surface area (Å²) in [5.74, 6) is -1.14. The number of ether oxygens (including phenoxy) is 1. The smallest absolute Gasteiger partial charge is 0.357 e. The molecular formula is C15H11FN2O3. The third-order valence-corrected chi connectivity index (χ3v) is 3.25. The topological polar surface area (TPSA) is 75.2 Å². The lowest BCUT2D eigenvalue weighted by Crippen LogP contribution is -1.97. The van der Waals surface area contributed by atoms with Crippen LogP contribution in [0.4, 0.5) is 4.39 Å². The van der Waals surface area contributed by atoms with Crippen LogP contribution < -0.4 is 4.74 Å². The highest BCUT2D eigenvalue weighted by Gasteiger charge is 2.14. The molecule has 2 N–H and O–H groups in total. The second-order valence-electron chi connectivity index (χ2n) is 4.48. The number of benzene rings is 2. The van der Waals surface area contributed by atoms with Gasteiger partial charge in [0.1, 0.15) is 11.6 Å².